The number of carbonyl (C=O) groups excluding carboxylic acids is 1. The summed E-state index contributed by atoms with van der Waals surface area (Å²) in [6.45, 7) is 8.96. The largest absolute Gasteiger partial charge is 0.390 e. The van der Waals surface area contributed by atoms with Gasteiger partial charge in [-0.3, -0.25) is 4.79 Å². The van der Waals surface area contributed by atoms with Crippen LogP contribution in [0.25, 0.3) is 0 Å². The van der Waals surface area contributed by atoms with Crippen LogP contribution in [0.1, 0.15) is 86.0 Å². The van der Waals surface area contributed by atoms with Crippen LogP contribution in [0.3, 0.4) is 0 Å². The fourth-order valence-electron chi connectivity index (χ4n) is 8.32. The summed E-state index contributed by atoms with van der Waals surface area (Å²) in [5.74, 6) is -0.948. The second-order valence-electron chi connectivity index (χ2n) is 13.2. The Morgan fingerprint density at radius 2 is 1.71 bits per heavy atom. The number of carbonyl (C=O) groups is 1. The number of hydrogen-bond donors (Lipinski definition) is 6. The van der Waals surface area contributed by atoms with Crippen LogP contribution in [0, 0.1) is 28.6 Å². The monoisotopic (exact) mass is 480 g/mol. The third kappa shape index (κ3) is 3.73. The number of fused-ring (bicyclic) bond motifs is 5. The Balaban J connectivity index is 1.66. The lowest BCUT2D eigenvalue weighted by Crippen LogP contribution is -2.62. The van der Waals surface area contributed by atoms with Crippen molar-refractivity contribution in [2.45, 2.75) is 121 Å². The molecule has 194 valence electrons. The first-order chi connectivity index (χ1) is 15.5. The molecule has 0 aromatic carbocycles. The summed E-state index contributed by atoms with van der Waals surface area (Å²) < 4.78 is 0. The fourth-order valence-corrected chi connectivity index (χ4v) is 8.32. The minimum Gasteiger partial charge on any atom is -0.390 e. The molecular weight excluding hydrogens is 436 g/mol. The Morgan fingerprint density at radius 3 is 2.32 bits per heavy atom. The lowest BCUT2D eigenvalue weighted by atomic mass is 9.45. The average Bonchev–Trinajstić information content (AvgIpc) is 3.00. The Hall–Kier alpha value is -0.830. The SMILES string of the molecule is CC(C)(O)CC[C@@H](O)[C@](C)(O)[C@H]1CC[C@@]2(O)C3=CC(=O)[C@@H]4C[C@@H](O)[C@@H](O)C[C@]4(C)[C@@H]3CC[C@]12C. The van der Waals surface area contributed by atoms with Crippen molar-refractivity contribution < 1.29 is 35.4 Å². The Kier molecular flexibility index (Phi) is 6.24. The van der Waals surface area contributed by atoms with E-state index in [4.69, 9.17) is 0 Å². The van der Waals surface area contributed by atoms with Crippen molar-refractivity contribution in [3.8, 4) is 0 Å². The Morgan fingerprint density at radius 1 is 1.06 bits per heavy atom. The fraction of sp³-hybridized carbons (Fsp3) is 0.889. The number of hydrogen-bond acceptors (Lipinski definition) is 7. The molecule has 0 aromatic rings. The van der Waals surface area contributed by atoms with E-state index in [0.717, 1.165) is 0 Å². The van der Waals surface area contributed by atoms with Crippen molar-refractivity contribution in [3.05, 3.63) is 11.6 Å². The van der Waals surface area contributed by atoms with Crippen LogP contribution in [-0.2, 0) is 4.79 Å². The summed E-state index contributed by atoms with van der Waals surface area (Å²) in [5, 5.41) is 65.5. The normalized spacial score (nSPS) is 47.2. The molecule has 3 fully saturated rings. The molecule has 0 aliphatic heterocycles. The maximum absolute atomic E-state index is 13.2. The van der Waals surface area contributed by atoms with Crippen molar-refractivity contribution in [2.75, 3.05) is 0 Å². The van der Waals surface area contributed by atoms with Gasteiger partial charge >= 0.3 is 0 Å². The Labute approximate surface area is 202 Å². The number of rotatable bonds is 5. The lowest BCUT2D eigenvalue weighted by Gasteiger charge is -2.60. The van der Waals surface area contributed by atoms with Crippen LogP contribution >= 0.6 is 0 Å². The molecule has 4 aliphatic rings. The van der Waals surface area contributed by atoms with Crippen LogP contribution in [0.2, 0.25) is 0 Å². The maximum atomic E-state index is 13.2. The van der Waals surface area contributed by atoms with Gasteiger partial charge in [-0.05, 0) is 101 Å². The molecule has 0 bridgehead atoms. The molecule has 0 spiro atoms. The molecule has 34 heavy (non-hydrogen) atoms. The first-order valence-corrected chi connectivity index (χ1v) is 12.9. The summed E-state index contributed by atoms with van der Waals surface area (Å²) >= 11 is 0. The molecule has 0 aromatic heterocycles. The predicted molar refractivity (Wildman–Crippen MR) is 127 cm³/mol. The molecule has 7 heteroatoms. The van der Waals surface area contributed by atoms with E-state index in [1.54, 1.807) is 26.8 Å². The zero-order chi connectivity index (χ0) is 25.5. The molecule has 7 nitrogen and oxygen atoms in total. The topological polar surface area (TPSA) is 138 Å². The zero-order valence-corrected chi connectivity index (χ0v) is 21.3. The highest BCUT2D eigenvalue weighted by atomic mass is 16.3. The van der Waals surface area contributed by atoms with E-state index >= 15 is 0 Å². The highest BCUT2D eigenvalue weighted by Gasteiger charge is 2.69. The van der Waals surface area contributed by atoms with Crippen molar-refractivity contribution in [1.29, 1.82) is 0 Å². The van der Waals surface area contributed by atoms with Gasteiger partial charge in [-0.2, -0.15) is 0 Å². The third-order valence-corrected chi connectivity index (χ3v) is 10.5. The third-order valence-electron chi connectivity index (χ3n) is 10.5. The lowest BCUT2D eigenvalue weighted by molar-refractivity contribution is -0.177. The molecule has 4 aliphatic carbocycles. The first kappa shape index (κ1) is 26.2. The standard InChI is InChI=1S/C27H44O7/c1-23(2,32)9-8-22(31)26(5,33)21-7-11-27(34)16-12-18(28)17-13-19(29)20(30)14-24(17,3)15(16)6-10-25(21,27)4/h12,15,17,19-22,29-34H,6-11,13-14H2,1-5H3/t15-,17+,19-,20+,21+,22-,24-,25-,26-,27-/m1/s1. The van der Waals surface area contributed by atoms with E-state index in [1.807, 2.05) is 13.8 Å². The van der Waals surface area contributed by atoms with Gasteiger partial charge < -0.3 is 30.6 Å². The van der Waals surface area contributed by atoms with Gasteiger partial charge in [0.05, 0.1) is 35.1 Å². The van der Waals surface area contributed by atoms with Gasteiger partial charge in [0.1, 0.15) is 0 Å². The van der Waals surface area contributed by atoms with Gasteiger partial charge in [-0.1, -0.05) is 13.8 Å². The first-order valence-electron chi connectivity index (χ1n) is 12.9. The maximum Gasteiger partial charge on any atom is 0.159 e. The van der Waals surface area contributed by atoms with E-state index in [-0.39, 0.29) is 36.4 Å². The van der Waals surface area contributed by atoms with Crippen LogP contribution in [-0.4, -0.2) is 71.5 Å². The predicted octanol–water partition coefficient (Wildman–Crippen LogP) is 1.85. The smallest absolute Gasteiger partial charge is 0.159 e. The molecule has 0 radical (unpaired) electrons. The Bertz CT molecular complexity index is 860. The van der Waals surface area contributed by atoms with Gasteiger partial charge in [-0.25, -0.2) is 0 Å². The molecule has 3 saturated carbocycles. The van der Waals surface area contributed by atoms with Gasteiger partial charge in [0.15, 0.2) is 5.78 Å². The molecule has 6 N–H and O–H groups in total. The van der Waals surface area contributed by atoms with Gasteiger partial charge in [0.25, 0.3) is 0 Å². The summed E-state index contributed by atoms with van der Waals surface area (Å²) in [6.07, 6.45) is 2.11. The number of allylic oxidation sites excluding steroid dienone is 1. The molecule has 0 heterocycles. The highest BCUT2D eigenvalue weighted by Crippen LogP contribution is 2.68. The summed E-state index contributed by atoms with van der Waals surface area (Å²) in [4.78, 5) is 13.2. The van der Waals surface area contributed by atoms with E-state index in [0.29, 0.717) is 44.1 Å². The minimum atomic E-state index is -1.46. The van der Waals surface area contributed by atoms with E-state index in [9.17, 15) is 35.4 Å². The van der Waals surface area contributed by atoms with Crippen LogP contribution in [0.5, 0.6) is 0 Å². The quantitative estimate of drug-likeness (QED) is 0.353. The summed E-state index contributed by atoms with van der Waals surface area (Å²) in [7, 11) is 0. The van der Waals surface area contributed by atoms with Crippen LogP contribution < -0.4 is 0 Å². The molecule has 0 saturated heterocycles. The van der Waals surface area contributed by atoms with Crippen molar-refractivity contribution in [1.82, 2.24) is 0 Å². The van der Waals surface area contributed by atoms with E-state index < -0.39 is 45.9 Å². The zero-order valence-electron chi connectivity index (χ0n) is 21.3. The number of ketones is 1. The average molecular weight is 481 g/mol. The van der Waals surface area contributed by atoms with E-state index in [2.05, 4.69) is 0 Å². The molecule has 4 rings (SSSR count). The molecule has 0 unspecified atom stereocenters. The second kappa shape index (κ2) is 8.09. The van der Waals surface area contributed by atoms with Gasteiger partial charge in [-0.15, -0.1) is 0 Å². The molecular formula is C27H44O7. The van der Waals surface area contributed by atoms with Crippen LogP contribution in [0.15, 0.2) is 11.6 Å². The van der Waals surface area contributed by atoms with Crippen LogP contribution in [0.4, 0.5) is 0 Å². The second-order valence-corrected chi connectivity index (χ2v) is 13.2. The van der Waals surface area contributed by atoms with E-state index in [1.165, 1.54) is 0 Å². The van der Waals surface area contributed by atoms with Crippen molar-refractivity contribution in [2.24, 2.45) is 28.6 Å². The highest BCUT2D eigenvalue weighted by molar-refractivity contribution is 5.95. The number of aliphatic hydroxyl groups excluding tert-OH is 3. The summed E-state index contributed by atoms with van der Waals surface area (Å²) in [6, 6.07) is 0. The molecule has 0 amide bonds. The summed E-state index contributed by atoms with van der Waals surface area (Å²) in [5.41, 5.74) is -4.27. The molecule has 10 atom stereocenters. The minimum absolute atomic E-state index is 0.0840. The van der Waals surface area contributed by atoms with Gasteiger partial charge in [0, 0.05) is 11.3 Å². The van der Waals surface area contributed by atoms with Gasteiger partial charge in [0.2, 0.25) is 0 Å². The number of aliphatic hydroxyl groups is 6. The van der Waals surface area contributed by atoms with Crippen molar-refractivity contribution >= 4 is 5.78 Å². The van der Waals surface area contributed by atoms with Crippen molar-refractivity contribution in [3.63, 3.8) is 0 Å².